The first-order chi connectivity index (χ1) is 10.5. The van der Waals surface area contributed by atoms with Crippen molar-refractivity contribution in [3.8, 4) is 0 Å². The van der Waals surface area contributed by atoms with Crippen molar-refractivity contribution in [3.05, 3.63) is 48.0 Å². The maximum Gasteiger partial charge on any atom is 0.0620 e. The second-order valence-electron chi connectivity index (χ2n) is 7.19. The van der Waals surface area contributed by atoms with Gasteiger partial charge in [-0.15, -0.1) is 0 Å². The van der Waals surface area contributed by atoms with E-state index in [0.29, 0.717) is 0 Å². The zero-order valence-electron chi connectivity index (χ0n) is 13.7. The van der Waals surface area contributed by atoms with Crippen molar-refractivity contribution in [2.24, 2.45) is 0 Å². The van der Waals surface area contributed by atoms with Gasteiger partial charge in [0.15, 0.2) is 0 Å². The van der Waals surface area contributed by atoms with Crippen molar-refractivity contribution >= 4 is 10.8 Å². The van der Waals surface area contributed by atoms with Gasteiger partial charge in [-0.25, -0.2) is 0 Å². The Morgan fingerprint density at radius 1 is 1.00 bits per heavy atom. The highest BCUT2D eigenvalue weighted by atomic mass is 16.3. The fourth-order valence-corrected chi connectivity index (χ4v) is 3.83. The lowest BCUT2D eigenvalue weighted by Gasteiger charge is -2.43. The van der Waals surface area contributed by atoms with Gasteiger partial charge in [-0.1, -0.05) is 42.5 Å². The molecule has 1 saturated carbocycles. The number of nitrogens with one attached hydrogen (secondary N) is 1. The summed E-state index contributed by atoms with van der Waals surface area (Å²) in [6.45, 7) is 3.00. The van der Waals surface area contributed by atoms with Gasteiger partial charge in [0, 0.05) is 0 Å². The Morgan fingerprint density at radius 3 is 2.36 bits per heavy atom. The molecule has 0 spiro atoms. The van der Waals surface area contributed by atoms with Crippen LogP contribution < -0.4 is 5.32 Å². The summed E-state index contributed by atoms with van der Waals surface area (Å²) in [6.07, 6.45) is 5.06. The molecule has 0 atom stereocenters. The molecule has 2 N–H and O–H groups in total. The third-order valence-corrected chi connectivity index (χ3v) is 5.50. The summed E-state index contributed by atoms with van der Waals surface area (Å²) in [4.78, 5) is 0. The lowest BCUT2D eigenvalue weighted by molar-refractivity contribution is -0.00147. The van der Waals surface area contributed by atoms with Crippen LogP contribution in [0.4, 0.5) is 0 Å². The summed E-state index contributed by atoms with van der Waals surface area (Å²) in [7, 11) is 2.02. The quantitative estimate of drug-likeness (QED) is 0.893. The normalized spacial score (nSPS) is 28.9. The van der Waals surface area contributed by atoms with Crippen molar-refractivity contribution < 1.29 is 5.11 Å². The Morgan fingerprint density at radius 2 is 1.68 bits per heavy atom. The molecule has 0 unspecified atom stereocenters. The van der Waals surface area contributed by atoms with Gasteiger partial charge < -0.3 is 10.4 Å². The number of rotatable bonds is 4. The van der Waals surface area contributed by atoms with Gasteiger partial charge in [0.2, 0.25) is 0 Å². The topological polar surface area (TPSA) is 32.3 Å². The van der Waals surface area contributed by atoms with Crippen LogP contribution in [0.3, 0.4) is 0 Å². The van der Waals surface area contributed by atoms with E-state index < -0.39 is 5.60 Å². The second-order valence-corrected chi connectivity index (χ2v) is 7.19. The van der Waals surface area contributed by atoms with E-state index in [9.17, 15) is 5.11 Å². The van der Waals surface area contributed by atoms with Crippen LogP contribution in [0.1, 0.15) is 44.6 Å². The molecule has 0 bridgehead atoms. The maximum absolute atomic E-state index is 10.3. The highest BCUT2D eigenvalue weighted by molar-refractivity contribution is 5.83. The Kier molecular flexibility index (Phi) is 4.24. The Bertz CT molecular complexity index is 637. The molecular weight excluding hydrogens is 270 g/mol. The van der Waals surface area contributed by atoms with E-state index in [1.807, 2.05) is 14.0 Å². The van der Waals surface area contributed by atoms with E-state index in [2.05, 4.69) is 47.8 Å². The van der Waals surface area contributed by atoms with Gasteiger partial charge in [-0.2, -0.15) is 0 Å². The first-order valence-electron chi connectivity index (χ1n) is 8.41. The van der Waals surface area contributed by atoms with Crippen LogP contribution in [0.5, 0.6) is 0 Å². The van der Waals surface area contributed by atoms with E-state index >= 15 is 0 Å². The van der Waals surface area contributed by atoms with Crippen molar-refractivity contribution in [1.29, 1.82) is 0 Å². The Labute approximate surface area is 133 Å². The van der Waals surface area contributed by atoms with Crippen LogP contribution in [0, 0.1) is 0 Å². The summed E-state index contributed by atoms with van der Waals surface area (Å²) in [5.74, 6) is 0. The number of benzene rings is 2. The van der Waals surface area contributed by atoms with Crippen molar-refractivity contribution in [2.75, 3.05) is 13.6 Å². The van der Waals surface area contributed by atoms with Crippen molar-refractivity contribution in [3.63, 3.8) is 0 Å². The smallest absolute Gasteiger partial charge is 0.0620 e. The van der Waals surface area contributed by atoms with E-state index in [1.165, 1.54) is 16.3 Å². The van der Waals surface area contributed by atoms with Crippen molar-refractivity contribution in [1.82, 2.24) is 5.32 Å². The van der Waals surface area contributed by atoms with Crippen LogP contribution in [0.2, 0.25) is 0 Å². The summed E-state index contributed by atoms with van der Waals surface area (Å²) in [5.41, 5.74) is 1.16. The van der Waals surface area contributed by atoms with Crippen LogP contribution >= 0.6 is 0 Å². The van der Waals surface area contributed by atoms with Crippen molar-refractivity contribution in [2.45, 2.75) is 50.0 Å². The standard InChI is InChI=1S/C20H27NO/c1-19(22)9-11-20(12-10-19,13-14-21-2)18-8-7-16-5-3-4-6-17(16)15-18/h3-8,15,21-22H,9-14H2,1-2H3. The lowest BCUT2D eigenvalue weighted by atomic mass is 9.64. The molecule has 2 aromatic rings. The third kappa shape index (κ3) is 3.04. The van der Waals surface area contributed by atoms with Gasteiger partial charge >= 0.3 is 0 Å². The summed E-state index contributed by atoms with van der Waals surface area (Å²) < 4.78 is 0. The molecule has 0 saturated heterocycles. The van der Waals surface area contributed by atoms with Gasteiger partial charge in [0.25, 0.3) is 0 Å². The van der Waals surface area contributed by atoms with Crippen LogP contribution in [0.25, 0.3) is 10.8 Å². The minimum atomic E-state index is -0.486. The van der Waals surface area contributed by atoms with E-state index in [0.717, 1.165) is 38.6 Å². The molecule has 0 radical (unpaired) electrons. The number of hydrogen-bond acceptors (Lipinski definition) is 2. The third-order valence-electron chi connectivity index (χ3n) is 5.50. The minimum Gasteiger partial charge on any atom is -0.390 e. The summed E-state index contributed by atoms with van der Waals surface area (Å²) >= 11 is 0. The van der Waals surface area contributed by atoms with E-state index in [4.69, 9.17) is 0 Å². The Hall–Kier alpha value is -1.38. The number of fused-ring (bicyclic) bond motifs is 1. The fraction of sp³-hybridized carbons (Fsp3) is 0.500. The molecular formula is C20H27NO. The molecule has 0 heterocycles. The average Bonchev–Trinajstić information content (AvgIpc) is 2.54. The SMILES string of the molecule is CNCCC1(c2ccc3ccccc3c2)CCC(C)(O)CC1. The maximum atomic E-state index is 10.3. The van der Waals surface area contributed by atoms with Crippen LogP contribution in [-0.4, -0.2) is 24.3 Å². The summed E-state index contributed by atoms with van der Waals surface area (Å²) in [5, 5.41) is 16.3. The van der Waals surface area contributed by atoms with E-state index in [1.54, 1.807) is 0 Å². The van der Waals surface area contributed by atoms with Crippen LogP contribution in [-0.2, 0) is 5.41 Å². The number of hydrogen-bond donors (Lipinski definition) is 2. The molecule has 2 nitrogen and oxygen atoms in total. The molecule has 2 heteroatoms. The highest BCUT2D eigenvalue weighted by Crippen LogP contribution is 2.45. The van der Waals surface area contributed by atoms with Gasteiger partial charge in [-0.3, -0.25) is 0 Å². The molecule has 1 fully saturated rings. The molecule has 0 amide bonds. The molecule has 22 heavy (non-hydrogen) atoms. The monoisotopic (exact) mass is 297 g/mol. The lowest BCUT2D eigenvalue weighted by Crippen LogP contribution is -2.40. The molecule has 3 rings (SSSR count). The highest BCUT2D eigenvalue weighted by Gasteiger charge is 2.40. The molecule has 1 aliphatic rings. The predicted molar refractivity (Wildman–Crippen MR) is 93.3 cm³/mol. The van der Waals surface area contributed by atoms with Gasteiger partial charge in [-0.05, 0) is 74.4 Å². The molecule has 118 valence electrons. The molecule has 1 aliphatic carbocycles. The molecule has 2 aromatic carbocycles. The van der Waals surface area contributed by atoms with E-state index in [-0.39, 0.29) is 5.41 Å². The zero-order chi connectivity index (χ0) is 15.6. The first kappa shape index (κ1) is 15.5. The van der Waals surface area contributed by atoms with Gasteiger partial charge in [0.05, 0.1) is 5.60 Å². The largest absolute Gasteiger partial charge is 0.390 e. The molecule has 0 aromatic heterocycles. The van der Waals surface area contributed by atoms with Gasteiger partial charge in [0.1, 0.15) is 0 Å². The average molecular weight is 297 g/mol. The summed E-state index contributed by atoms with van der Waals surface area (Å²) in [6, 6.07) is 15.5. The van der Waals surface area contributed by atoms with Crippen LogP contribution in [0.15, 0.2) is 42.5 Å². The Balaban J connectivity index is 1.97. The predicted octanol–water partition coefficient (Wildman–Crippen LogP) is 4.01. The first-order valence-corrected chi connectivity index (χ1v) is 8.41. The zero-order valence-corrected chi connectivity index (χ0v) is 13.7. The minimum absolute atomic E-state index is 0.204. The fourth-order valence-electron chi connectivity index (χ4n) is 3.83. The molecule has 0 aliphatic heterocycles. The number of aliphatic hydroxyl groups is 1. The second kappa shape index (κ2) is 6.02.